The molecule has 4 nitrogen and oxygen atoms in total. The minimum Gasteiger partial charge on any atom is -0.497 e. The predicted molar refractivity (Wildman–Crippen MR) is 85.7 cm³/mol. The summed E-state index contributed by atoms with van der Waals surface area (Å²) in [5.41, 5.74) is 2.25. The average molecular weight is 338 g/mol. The number of hydrogen-bond donors (Lipinski definition) is 0. The molecule has 0 amide bonds. The van der Waals surface area contributed by atoms with E-state index >= 15 is 0 Å². The molecule has 0 N–H and O–H groups in total. The fourth-order valence-electron chi connectivity index (χ4n) is 2.63. The van der Waals surface area contributed by atoms with E-state index in [0.717, 1.165) is 5.56 Å². The van der Waals surface area contributed by atoms with Crippen molar-refractivity contribution in [1.82, 2.24) is 4.31 Å². The Bertz CT molecular complexity index is 805. The highest BCUT2D eigenvalue weighted by Crippen LogP contribution is 2.31. The summed E-state index contributed by atoms with van der Waals surface area (Å²) in [5.74, 6) is 0.535. The van der Waals surface area contributed by atoms with Crippen molar-refractivity contribution in [1.29, 1.82) is 0 Å². The Balaban J connectivity index is 1.94. The van der Waals surface area contributed by atoms with Gasteiger partial charge in [0.2, 0.25) is 10.0 Å². The standard InChI is InChI=1S/C16H16ClNO3S/c1-21-14-6-7-16(15(17)10-14)22(19,20)18-9-8-12-4-2-3-5-13(12)11-18/h2-7,10H,8-9,11H2,1H3. The number of halogens is 1. The highest BCUT2D eigenvalue weighted by atomic mass is 35.5. The van der Waals surface area contributed by atoms with Gasteiger partial charge in [0.05, 0.1) is 12.1 Å². The van der Waals surface area contributed by atoms with Crippen molar-refractivity contribution in [3.63, 3.8) is 0 Å². The molecule has 0 aliphatic carbocycles. The van der Waals surface area contributed by atoms with E-state index in [2.05, 4.69) is 0 Å². The first-order valence-corrected chi connectivity index (χ1v) is 8.74. The summed E-state index contributed by atoms with van der Waals surface area (Å²) in [6.45, 7) is 0.836. The van der Waals surface area contributed by atoms with Gasteiger partial charge in [0.1, 0.15) is 10.6 Å². The second-order valence-electron chi connectivity index (χ2n) is 5.15. The van der Waals surface area contributed by atoms with Gasteiger partial charge in [-0.2, -0.15) is 4.31 Å². The Morgan fingerprint density at radius 1 is 1.14 bits per heavy atom. The molecule has 0 bridgehead atoms. The van der Waals surface area contributed by atoms with Crippen molar-refractivity contribution in [2.75, 3.05) is 13.7 Å². The molecular weight excluding hydrogens is 322 g/mol. The lowest BCUT2D eigenvalue weighted by Gasteiger charge is -2.28. The summed E-state index contributed by atoms with van der Waals surface area (Å²) in [6.07, 6.45) is 0.711. The maximum Gasteiger partial charge on any atom is 0.244 e. The third-order valence-electron chi connectivity index (χ3n) is 3.85. The Morgan fingerprint density at radius 2 is 1.86 bits per heavy atom. The van der Waals surface area contributed by atoms with Crippen molar-refractivity contribution in [2.24, 2.45) is 0 Å². The Kier molecular flexibility index (Phi) is 4.12. The van der Waals surface area contributed by atoms with Crippen molar-refractivity contribution < 1.29 is 13.2 Å². The number of hydrogen-bond acceptors (Lipinski definition) is 3. The van der Waals surface area contributed by atoms with Crippen molar-refractivity contribution in [2.45, 2.75) is 17.9 Å². The number of sulfonamides is 1. The molecule has 0 atom stereocenters. The van der Waals surface area contributed by atoms with E-state index in [9.17, 15) is 8.42 Å². The lowest BCUT2D eigenvalue weighted by molar-refractivity contribution is 0.391. The lowest BCUT2D eigenvalue weighted by Crippen LogP contribution is -2.36. The minimum atomic E-state index is -3.61. The molecule has 0 spiro atoms. The molecule has 0 radical (unpaired) electrons. The molecule has 0 saturated carbocycles. The molecule has 1 aliphatic heterocycles. The van der Waals surface area contributed by atoms with E-state index in [4.69, 9.17) is 16.3 Å². The number of ether oxygens (including phenoxy) is 1. The summed E-state index contributed by atoms with van der Waals surface area (Å²) >= 11 is 6.13. The molecule has 2 aromatic rings. The van der Waals surface area contributed by atoms with Crippen LogP contribution in [0.4, 0.5) is 0 Å². The Labute approximate surface area is 135 Å². The lowest BCUT2D eigenvalue weighted by atomic mass is 10.0. The fourth-order valence-corrected chi connectivity index (χ4v) is 4.56. The van der Waals surface area contributed by atoms with E-state index in [0.29, 0.717) is 25.3 Å². The molecule has 0 fully saturated rings. The van der Waals surface area contributed by atoms with Crippen molar-refractivity contribution in [3.05, 3.63) is 58.6 Å². The normalized spacial score (nSPS) is 15.4. The van der Waals surface area contributed by atoms with E-state index in [1.54, 1.807) is 6.07 Å². The number of fused-ring (bicyclic) bond motifs is 1. The minimum absolute atomic E-state index is 0.120. The summed E-state index contributed by atoms with van der Waals surface area (Å²) < 4.78 is 32.2. The number of methoxy groups -OCH3 is 1. The second kappa shape index (κ2) is 5.91. The fraction of sp³-hybridized carbons (Fsp3) is 0.250. The van der Waals surface area contributed by atoms with E-state index in [1.165, 1.54) is 29.1 Å². The van der Waals surface area contributed by atoms with Gasteiger partial charge in [0, 0.05) is 19.2 Å². The summed E-state index contributed by atoms with van der Waals surface area (Å²) in [6, 6.07) is 12.5. The maximum absolute atomic E-state index is 12.8. The number of nitrogens with zero attached hydrogens (tertiary/aromatic N) is 1. The van der Waals surface area contributed by atoms with E-state index < -0.39 is 10.0 Å². The largest absolute Gasteiger partial charge is 0.497 e. The summed E-state index contributed by atoms with van der Waals surface area (Å²) in [4.78, 5) is 0.120. The van der Waals surface area contributed by atoms with E-state index in [1.807, 2.05) is 24.3 Å². The van der Waals surface area contributed by atoms with Crippen LogP contribution in [0.2, 0.25) is 5.02 Å². The molecule has 1 heterocycles. The van der Waals surface area contributed by atoms with Crippen LogP contribution in [-0.4, -0.2) is 26.4 Å². The van der Waals surface area contributed by atoms with Crippen LogP contribution < -0.4 is 4.74 Å². The van der Waals surface area contributed by atoms with Gasteiger partial charge in [-0.25, -0.2) is 8.42 Å². The van der Waals surface area contributed by atoms with Crippen molar-refractivity contribution >= 4 is 21.6 Å². The molecule has 6 heteroatoms. The maximum atomic E-state index is 12.8. The SMILES string of the molecule is COc1ccc(S(=O)(=O)N2CCc3ccccc3C2)c(Cl)c1. The Morgan fingerprint density at radius 3 is 2.55 bits per heavy atom. The average Bonchev–Trinajstić information content (AvgIpc) is 2.54. The summed E-state index contributed by atoms with van der Waals surface area (Å²) in [7, 11) is -2.10. The van der Waals surface area contributed by atoms with Crippen LogP contribution in [0.3, 0.4) is 0 Å². The van der Waals surface area contributed by atoms with Crippen LogP contribution >= 0.6 is 11.6 Å². The molecule has 116 valence electrons. The predicted octanol–water partition coefficient (Wildman–Crippen LogP) is 3.10. The van der Waals surface area contributed by atoms with Gasteiger partial charge in [-0.3, -0.25) is 0 Å². The molecule has 0 unspecified atom stereocenters. The third-order valence-corrected chi connectivity index (χ3v) is 6.18. The highest BCUT2D eigenvalue weighted by Gasteiger charge is 2.29. The van der Waals surface area contributed by atoms with Gasteiger partial charge < -0.3 is 4.74 Å². The zero-order valence-electron chi connectivity index (χ0n) is 12.1. The zero-order valence-corrected chi connectivity index (χ0v) is 13.7. The van der Waals surface area contributed by atoms with Crippen LogP contribution in [0, 0.1) is 0 Å². The smallest absolute Gasteiger partial charge is 0.244 e. The molecule has 0 aromatic heterocycles. The van der Waals surface area contributed by atoms with Crippen molar-refractivity contribution in [3.8, 4) is 5.75 Å². The van der Waals surface area contributed by atoms with Gasteiger partial charge in [0.25, 0.3) is 0 Å². The quantitative estimate of drug-likeness (QED) is 0.864. The molecule has 1 aliphatic rings. The molecule has 22 heavy (non-hydrogen) atoms. The first kappa shape index (κ1) is 15.3. The van der Waals surface area contributed by atoms with E-state index in [-0.39, 0.29) is 9.92 Å². The zero-order chi connectivity index (χ0) is 15.7. The van der Waals surface area contributed by atoms with Crippen LogP contribution in [0.25, 0.3) is 0 Å². The van der Waals surface area contributed by atoms with Gasteiger partial charge in [-0.05, 0) is 29.7 Å². The van der Waals surface area contributed by atoms with Gasteiger partial charge in [-0.15, -0.1) is 0 Å². The topological polar surface area (TPSA) is 46.6 Å². The monoisotopic (exact) mass is 337 g/mol. The molecule has 0 saturated heterocycles. The van der Waals surface area contributed by atoms with Crippen LogP contribution in [0.5, 0.6) is 5.75 Å². The number of rotatable bonds is 3. The summed E-state index contributed by atoms with van der Waals surface area (Å²) in [5, 5.41) is 0.179. The Hall–Kier alpha value is -1.56. The second-order valence-corrected chi connectivity index (χ2v) is 7.47. The van der Waals surface area contributed by atoms with Crippen LogP contribution in [0.1, 0.15) is 11.1 Å². The first-order valence-electron chi connectivity index (χ1n) is 6.93. The van der Waals surface area contributed by atoms with Gasteiger partial charge in [-0.1, -0.05) is 35.9 Å². The number of benzene rings is 2. The van der Waals surface area contributed by atoms with Gasteiger partial charge >= 0.3 is 0 Å². The van der Waals surface area contributed by atoms with Gasteiger partial charge in [0.15, 0.2) is 0 Å². The van der Waals surface area contributed by atoms with Crippen LogP contribution in [-0.2, 0) is 23.0 Å². The first-order chi connectivity index (χ1) is 10.5. The van der Waals surface area contributed by atoms with Crippen LogP contribution in [0.15, 0.2) is 47.4 Å². The third kappa shape index (κ3) is 2.72. The highest BCUT2D eigenvalue weighted by molar-refractivity contribution is 7.89. The molecular formula is C16H16ClNO3S. The molecule has 2 aromatic carbocycles. The molecule has 3 rings (SSSR count).